The Hall–Kier alpha value is -5.40. The third-order valence-corrected chi connectivity index (χ3v) is 9.59. The number of hydrogen-bond acceptors (Lipinski definition) is 0. The molecule has 1 atom stereocenters. The van der Waals surface area contributed by atoms with Crippen LogP contribution in [-0.2, 0) is 0 Å². The SMILES string of the molecule is C1=CC2=C(CC1)C(c1ccccc1)c1ccc(-c3ccc4c(c3)c3ccccc3n4-c3ccc(-c4ccccc4)cc3)cc12. The molecule has 0 radical (unpaired) electrons. The maximum absolute atomic E-state index is 2.44. The third kappa shape index (κ3) is 3.93. The standard InChI is InChI=1S/C43H31N/c1-3-11-29(12-4-1)30-19-23-34(24-20-30)44-41-18-10-9-16-36(41)40-28-33(22-26-42(40)44)32-21-25-38-39(27-32)35-15-7-8-17-37(35)43(38)31-13-5-2-6-14-31/h1-7,9-16,18-28,43H,8,17H2. The highest BCUT2D eigenvalue weighted by Gasteiger charge is 2.32. The summed E-state index contributed by atoms with van der Waals surface area (Å²) in [5.74, 6) is 0.355. The van der Waals surface area contributed by atoms with E-state index in [1.54, 1.807) is 5.57 Å². The number of benzene rings is 6. The van der Waals surface area contributed by atoms with Crippen LogP contribution in [0.1, 0.15) is 35.4 Å². The molecule has 2 aliphatic rings. The van der Waals surface area contributed by atoms with E-state index in [2.05, 4.69) is 162 Å². The minimum absolute atomic E-state index is 0.355. The smallest absolute Gasteiger partial charge is 0.0541 e. The maximum Gasteiger partial charge on any atom is 0.0541 e. The molecular formula is C43H31N. The Balaban J connectivity index is 1.16. The highest BCUT2D eigenvalue weighted by atomic mass is 15.0. The Morgan fingerprint density at radius 2 is 1.18 bits per heavy atom. The molecule has 7 aromatic rings. The summed E-state index contributed by atoms with van der Waals surface area (Å²) in [6.45, 7) is 0. The largest absolute Gasteiger partial charge is 0.309 e. The monoisotopic (exact) mass is 561 g/mol. The van der Waals surface area contributed by atoms with Crippen molar-refractivity contribution in [2.45, 2.75) is 18.8 Å². The second-order valence-corrected chi connectivity index (χ2v) is 12.0. The molecule has 1 nitrogen and oxygen atoms in total. The molecule has 0 saturated carbocycles. The van der Waals surface area contributed by atoms with Crippen molar-refractivity contribution >= 4 is 27.4 Å². The van der Waals surface area contributed by atoms with Gasteiger partial charge in [0.25, 0.3) is 0 Å². The number of aromatic nitrogens is 1. The van der Waals surface area contributed by atoms with Crippen molar-refractivity contribution in [3.8, 4) is 27.9 Å². The third-order valence-electron chi connectivity index (χ3n) is 9.59. The zero-order chi connectivity index (χ0) is 29.0. The van der Waals surface area contributed by atoms with E-state index in [9.17, 15) is 0 Å². The molecule has 0 N–H and O–H groups in total. The quantitative estimate of drug-likeness (QED) is 0.201. The van der Waals surface area contributed by atoms with Gasteiger partial charge in [-0.1, -0.05) is 127 Å². The summed E-state index contributed by atoms with van der Waals surface area (Å²) in [4.78, 5) is 0. The first-order chi connectivity index (χ1) is 21.8. The van der Waals surface area contributed by atoms with Crippen LogP contribution in [-0.4, -0.2) is 4.57 Å². The molecule has 2 aliphatic carbocycles. The lowest BCUT2D eigenvalue weighted by Gasteiger charge is -2.18. The number of hydrogen-bond donors (Lipinski definition) is 0. The highest BCUT2D eigenvalue weighted by molar-refractivity contribution is 6.10. The van der Waals surface area contributed by atoms with Crippen molar-refractivity contribution in [1.29, 1.82) is 0 Å². The second-order valence-electron chi connectivity index (χ2n) is 12.0. The van der Waals surface area contributed by atoms with Crippen LogP contribution in [0.3, 0.4) is 0 Å². The van der Waals surface area contributed by atoms with E-state index < -0.39 is 0 Å². The maximum atomic E-state index is 2.44. The molecular weight excluding hydrogens is 530 g/mol. The fourth-order valence-electron chi connectivity index (χ4n) is 7.54. The lowest BCUT2D eigenvalue weighted by molar-refractivity contribution is 0.857. The number of allylic oxidation sites excluding steroid dienone is 4. The zero-order valence-corrected chi connectivity index (χ0v) is 24.4. The second kappa shape index (κ2) is 10.1. The molecule has 0 spiro atoms. The summed E-state index contributed by atoms with van der Waals surface area (Å²) >= 11 is 0. The van der Waals surface area contributed by atoms with E-state index in [1.807, 2.05) is 0 Å². The average molecular weight is 562 g/mol. The first kappa shape index (κ1) is 25.1. The lowest BCUT2D eigenvalue weighted by atomic mass is 9.85. The molecule has 1 heteroatoms. The molecule has 0 aliphatic heterocycles. The average Bonchev–Trinajstić information content (AvgIpc) is 3.61. The van der Waals surface area contributed by atoms with Gasteiger partial charge in [0.1, 0.15) is 0 Å². The Kier molecular flexibility index (Phi) is 5.77. The van der Waals surface area contributed by atoms with Gasteiger partial charge in [0.05, 0.1) is 11.0 Å². The van der Waals surface area contributed by atoms with Gasteiger partial charge >= 0.3 is 0 Å². The predicted molar refractivity (Wildman–Crippen MR) is 185 cm³/mol. The van der Waals surface area contributed by atoms with Crippen LogP contribution < -0.4 is 0 Å². The Labute approximate surface area is 258 Å². The van der Waals surface area contributed by atoms with Gasteiger partial charge in [-0.25, -0.2) is 0 Å². The Morgan fingerprint density at radius 1 is 0.523 bits per heavy atom. The topological polar surface area (TPSA) is 4.93 Å². The molecule has 1 heterocycles. The minimum Gasteiger partial charge on any atom is -0.309 e. The fourth-order valence-corrected chi connectivity index (χ4v) is 7.54. The highest BCUT2D eigenvalue weighted by Crippen LogP contribution is 2.50. The van der Waals surface area contributed by atoms with Crippen LogP contribution in [0.15, 0.2) is 163 Å². The van der Waals surface area contributed by atoms with Gasteiger partial charge < -0.3 is 4.57 Å². The Morgan fingerprint density at radius 3 is 2.02 bits per heavy atom. The van der Waals surface area contributed by atoms with Gasteiger partial charge in [0.2, 0.25) is 0 Å². The lowest BCUT2D eigenvalue weighted by Crippen LogP contribution is -2.02. The summed E-state index contributed by atoms with van der Waals surface area (Å²) in [6, 6.07) is 53.5. The van der Waals surface area contributed by atoms with E-state index in [0.29, 0.717) is 5.92 Å². The van der Waals surface area contributed by atoms with Crippen molar-refractivity contribution in [2.75, 3.05) is 0 Å². The van der Waals surface area contributed by atoms with Gasteiger partial charge in [-0.3, -0.25) is 0 Å². The molecule has 1 aromatic heterocycles. The molecule has 0 fully saturated rings. The van der Waals surface area contributed by atoms with Crippen molar-refractivity contribution in [3.63, 3.8) is 0 Å². The van der Waals surface area contributed by atoms with Gasteiger partial charge in [0.15, 0.2) is 0 Å². The number of fused-ring (bicyclic) bond motifs is 5. The molecule has 208 valence electrons. The van der Waals surface area contributed by atoms with E-state index in [0.717, 1.165) is 12.8 Å². The van der Waals surface area contributed by atoms with Crippen LogP contribution in [0.25, 0.3) is 55.3 Å². The summed E-state index contributed by atoms with van der Waals surface area (Å²) in [5.41, 5.74) is 15.9. The number of rotatable bonds is 4. The van der Waals surface area contributed by atoms with Gasteiger partial charge in [-0.15, -0.1) is 0 Å². The van der Waals surface area contributed by atoms with Gasteiger partial charge in [-0.2, -0.15) is 0 Å². The predicted octanol–water partition coefficient (Wildman–Crippen LogP) is 11.4. The van der Waals surface area contributed by atoms with Crippen molar-refractivity contribution in [2.24, 2.45) is 0 Å². The van der Waals surface area contributed by atoms with Crippen LogP contribution in [0, 0.1) is 0 Å². The number of para-hydroxylation sites is 1. The number of nitrogens with zero attached hydrogens (tertiary/aromatic N) is 1. The summed E-state index contributed by atoms with van der Waals surface area (Å²) in [7, 11) is 0. The van der Waals surface area contributed by atoms with E-state index >= 15 is 0 Å². The summed E-state index contributed by atoms with van der Waals surface area (Å²) in [6.07, 6.45) is 6.96. The molecule has 44 heavy (non-hydrogen) atoms. The summed E-state index contributed by atoms with van der Waals surface area (Å²) < 4.78 is 2.40. The van der Waals surface area contributed by atoms with Crippen LogP contribution >= 0.6 is 0 Å². The van der Waals surface area contributed by atoms with E-state index in [1.165, 1.54) is 72.0 Å². The van der Waals surface area contributed by atoms with E-state index in [4.69, 9.17) is 0 Å². The normalized spacial score (nSPS) is 15.6. The molecule has 9 rings (SSSR count). The molecule has 6 aromatic carbocycles. The first-order valence-corrected chi connectivity index (χ1v) is 15.6. The van der Waals surface area contributed by atoms with Gasteiger partial charge in [-0.05, 0) is 93.8 Å². The van der Waals surface area contributed by atoms with Gasteiger partial charge in [0, 0.05) is 22.4 Å². The van der Waals surface area contributed by atoms with E-state index in [-0.39, 0.29) is 0 Å². The van der Waals surface area contributed by atoms with Crippen LogP contribution in [0.5, 0.6) is 0 Å². The van der Waals surface area contributed by atoms with Crippen LogP contribution in [0.2, 0.25) is 0 Å². The zero-order valence-electron chi connectivity index (χ0n) is 24.4. The van der Waals surface area contributed by atoms with Crippen LogP contribution in [0.4, 0.5) is 0 Å². The Bertz CT molecular complexity index is 2250. The van der Waals surface area contributed by atoms with Crippen molar-refractivity contribution in [1.82, 2.24) is 4.57 Å². The molecule has 0 amide bonds. The first-order valence-electron chi connectivity index (χ1n) is 15.6. The minimum atomic E-state index is 0.355. The fraction of sp³-hybridized carbons (Fsp3) is 0.0698. The molecule has 0 bridgehead atoms. The van der Waals surface area contributed by atoms with Crippen molar-refractivity contribution < 1.29 is 0 Å². The van der Waals surface area contributed by atoms with Crippen molar-refractivity contribution in [3.05, 3.63) is 180 Å². The molecule has 1 unspecified atom stereocenters. The summed E-state index contributed by atoms with van der Waals surface area (Å²) in [5, 5.41) is 2.56. The molecule has 0 saturated heterocycles.